The van der Waals surface area contributed by atoms with Gasteiger partial charge in [0.05, 0.1) is 25.1 Å². The Morgan fingerprint density at radius 1 is 1.10 bits per heavy atom. The number of nitrogens with zero attached hydrogens (tertiary/aromatic N) is 2. The molecule has 0 aliphatic heterocycles. The standard InChI is InChI=1S/C20H27N5O4S/c1-25(2)19(26)14-24-20(23-13-16-5-4-6-17(11-16)29-3)22-12-15-7-9-18(10-8-15)30(21,27)28/h4-11H,12-14H2,1-3H3,(H2,21,27,28)(H2,22,23,24). The van der Waals surface area contributed by atoms with Crippen molar-refractivity contribution in [3.8, 4) is 5.75 Å². The van der Waals surface area contributed by atoms with Gasteiger partial charge in [0, 0.05) is 20.6 Å². The van der Waals surface area contributed by atoms with Crippen LogP contribution >= 0.6 is 0 Å². The zero-order chi connectivity index (χ0) is 22.1. The van der Waals surface area contributed by atoms with Gasteiger partial charge in [-0.1, -0.05) is 24.3 Å². The molecular formula is C20H27N5O4S. The number of rotatable bonds is 8. The van der Waals surface area contributed by atoms with Crippen LogP contribution in [0.1, 0.15) is 11.1 Å². The molecule has 0 unspecified atom stereocenters. The van der Waals surface area contributed by atoms with Crippen molar-refractivity contribution in [2.24, 2.45) is 10.1 Å². The molecule has 0 spiro atoms. The average Bonchev–Trinajstić information content (AvgIpc) is 2.72. The Bertz CT molecular complexity index is 989. The van der Waals surface area contributed by atoms with E-state index in [1.807, 2.05) is 24.3 Å². The summed E-state index contributed by atoms with van der Waals surface area (Å²) in [7, 11) is 1.23. The van der Waals surface area contributed by atoms with Gasteiger partial charge in [-0.05, 0) is 35.4 Å². The Hall–Kier alpha value is -3.11. The molecule has 2 aromatic carbocycles. The van der Waals surface area contributed by atoms with Crippen LogP contribution in [-0.4, -0.2) is 52.9 Å². The molecule has 30 heavy (non-hydrogen) atoms. The predicted octanol–water partition coefficient (Wildman–Crippen LogP) is 0.666. The van der Waals surface area contributed by atoms with Crippen molar-refractivity contribution in [2.45, 2.75) is 18.0 Å². The van der Waals surface area contributed by atoms with Crippen molar-refractivity contribution in [1.82, 2.24) is 15.5 Å². The van der Waals surface area contributed by atoms with Gasteiger partial charge in [-0.3, -0.25) is 4.79 Å². The second-order valence-electron chi connectivity index (χ2n) is 6.70. The molecule has 0 aromatic heterocycles. The predicted molar refractivity (Wildman–Crippen MR) is 115 cm³/mol. The first-order chi connectivity index (χ1) is 14.2. The van der Waals surface area contributed by atoms with Crippen molar-refractivity contribution < 1.29 is 17.9 Å². The van der Waals surface area contributed by atoms with E-state index in [1.165, 1.54) is 17.0 Å². The highest BCUT2D eigenvalue weighted by Gasteiger charge is 2.08. The molecule has 9 nitrogen and oxygen atoms in total. The van der Waals surface area contributed by atoms with Gasteiger partial charge in [-0.15, -0.1) is 0 Å². The van der Waals surface area contributed by atoms with E-state index in [9.17, 15) is 13.2 Å². The maximum Gasteiger partial charge on any atom is 0.241 e. The van der Waals surface area contributed by atoms with Crippen molar-refractivity contribution in [3.63, 3.8) is 0 Å². The molecular weight excluding hydrogens is 406 g/mol. The number of hydrogen-bond acceptors (Lipinski definition) is 5. The fraction of sp³-hybridized carbons (Fsp3) is 0.300. The molecule has 0 aliphatic carbocycles. The topological polar surface area (TPSA) is 126 Å². The molecule has 10 heteroatoms. The number of nitrogens with two attached hydrogens (primary N) is 1. The Balaban J connectivity index is 2.09. The Morgan fingerprint density at radius 2 is 1.80 bits per heavy atom. The number of nitrogens with one attached hydrogen (secondary N) is 2. The van der Waals surface area contributed by atoms with Crippen molar-refractivity contribution in [2.75, 3.05) is 27.7 Å². The third-order valence-corrected chi connectivity index (χ3v) is 5.10. The Kier molecular flexibility index (Phi) is 8.19. The highest BCUT2D eigenvalue weighted by Crippen LogP contribution is 2.13. The third kappa shape index (κ3) is 7.37. The summed E-state index contributed by atoms with van der Waals surface area (Å²) in [5.74, 6) is 1.09. The van der Waals surface area contributed by atoms with E-state index in [4.69, 9.17) is 9.88 Å². The van der Waals surface area contributed by atoms with Gasteiger partial charge in [0.15, 0.2) is 5.96 Å². The molecule has 0 aliphatic rings. The first kappa shape index (κ1) is 23.2. The first-order valence-corrected chi connectivity index (χ1v) is 10.7. The molecule has 0 atom stereocenters. The summed E-state index contributed by atoms with van der Waals surface area (Å²) in [6.45, 7) is 0.847. The lowest BCUT2D eigenvalue weighted by Gasteiger charge is -2.15. The van der Waals surface area contributed by atoms with Gasteiger partial charge in [-0.2, -0.15) is 0 Å². The number of likely N-dealkylation sites (N-methyl/N-ethyl adjacent to an activating group) is 1. The fourth-order valence-electron chi connectivity index (χ4n) is 2.42. The maximum atomic E-state index is 11.9. The van der Waals surface area contributed by atoms with E-state index in [-0.39, 0.29) is 17.3 Å². The minimum Gasteiger partial charge on any atom is -0.497 e. The third-order valence-electron chi connectivity index (χ3n) is 4.17. The Morgan fingerprint density at radius 3 is 2.40 bits per heavy atom. The zero-order valence-electron chi connectivity index (χ0n) is 17.3. The number of aliphatic imine (C=N–C) groups is 1. The lowest BCUT2D eigenvalue weighted by Crippen LogP contribution is -2.42. The van der Waals surface area contributed by atoms with Crippen LogP contribution in [-0.2, 0) is 27.9 Å². The summed E-state index contributed by atoms with van der Waals surface area (Å²) >= 11 is 0. The molecule has 0 saturated heterocycles. The summed E-state index contributed by atoms with van der Waals surface area (Å²) in [5.41, 5.74) is 1.78. The van der Waals surface area contributed by atoms with Gasteiger partial charge in [0.1, 0.15) is 5.75 Å². The summed E-state index contributed by atoms with van der Waals surface area (Å²) in [6.07, 6.45) is 0. The zero-order valence-corrected chi connectivity index (χ0v) is 18.1. The molecule has 0 radical (unpaired) electrons. The molecule has 0 heterocycles. The summed E-state index contributed by atoms with van der Waals surface area (Å²) in [6, 6.07) is 13.8. The van der Waals surface area contributed by atoms with Crippen LogP contribution in [0.25, 0.3) is 0 Å². The summed E-state index contributed by atoms with van der Waals surface area (Å²) in [4.78, 5) is 18.0. The number of methoxy groups -OCH3 is 1. The van der Waals surface area contributed by atoms with Crippen molar-refractivity contribution in [1.29, 1.82) is 0 Å². The Labute approximate surface area is 177 Å². The summed E-state index contributed by atoms with van der Waals surface area (Å²) in [5, 5.41) is 11.3. The van der Waals surface area contributed by atoms with E-state index in [0.717, 1.165) is 16.9 Å². The molecule has 2 rings (SSSR count). The number of carbonyl (C=O) groups is 1. The number of primary sulfonamides is 1. The second kappa shape index (κ2) is 10.6. The minimum atomic E-state index is -3.73. The quantitative estimate of drug-likeness (QED) is 0.415. The number of ether oxygens (including phenoxy) is 1. The molecule has 4 N–H and O–H groups in total. The smallest absolute Gasteiger partial charge is 0.241 e. The van der Waals surface area contributed by atoms with E-state index < -0.39 is 10.0 Å². The highest BCUT2D eigenvalue weighted by atomic mass is 32.2. The average molecular weight is 434 g/mol. The van der Waals surface area contributed by atoms with Gasteiger partial charge in [0.2, 0.25) is 15.9 Å². The SMILES string of the molecule is COc1cccc(CN=C(NCC(=O)N(C)C)NCc2ccc(S(N)(=O)=O)cc2)c1. The fourth-order valence-corrected chi connectivity index (χ4v) is 2.93. The number of guanidine groups is 1. The van der Waals surface area contributed by atoms with Crippen LogP contribution in [0, 0.1) is 0 Å². The molecule has 0 bridgehead atoms. The molecule has 1 amide bonds. The number of amides is 1. The second-order valence-corrected chi connectivity index (χ2v) is 8.26. The van der Waals surface area contributed by atoms with Gasteiger partial charge in [-0.25, -0.2) is 18.5 Å². The molecule has 2 aromatic rings. The number of sulfonamides is 1. The number of carbonyl (C=O) groups excluding carboxylic acids is 1. The van der Waals surface area contributed by atoms with E-state index in [1.54, 1.807) is 33.3 Å². The lowest BCUT2D eigenvalue weighted by molar-refractivity contribution is -0.127. The lowest BCUT2D eigenvalue weighted by atomic mass is 10.2. The normalized spacial score (nSPS) is 11.7. The van der Waals surface area contributed by atoms with Gasteiger partial charge >= 0.3 is 0 Å². The minimum absolute atomic E-state index is 0.0490. The summed E-state index contributed by atoms with van der Waals surface area (Å²) < 4.78 is 28.0. The first-order valence-electron chi connectivity index (χ1n) is 9.16. The highest BCUT2D eigenvalue weighted by molar-refractivity contribution is 7.89. The van der Waals surface area contributed by atoms with Gasteiger partial charge < -0.3 is 20.3 Å². The largest absolute Gasteiger partial charge is 0.497 e. The van der Waals surface area contributed by atoms with E-state index in [0.29, 0.717) is 19.0 Å². The van der Waals surface area contributed by atoms with E-state index >= 15 is 0 Å². The van der Waals surface area contributed by atoms with E-state index in [2.05, 4.69) is 15.6 Å². The monoisotopic (exact) mass is 433 g/mol. The number of hydrogen-bond donors (Lipinski definition) is 3. The number of benzene rings is 2. The molecule has 0 saturated carbocycles. The van der Waals surface area contributed by atoms with Crippen LogP contribution in [0.4, 0.5) is 0 Å². The van der Waals surface area contributed by atoms with Crippen LogP contribution in [0.2, 0.25) is 0 Å². The van der Waals surface area contributed by atoms with Gasteiger partial charge in [0.25, 0.3) is 0 Å². The van der Waals surface area contributed by atoms with Crippen molar-refractivity contribution in [3.05, 3.63) is 59.7 Å². The van der Waals surface area contributed by atoms with Crippen LogP contribution < -0.4 is 20.5 Å². The maximum absolute atomic E-state index is 11.9. The van der Waals surface area contributed by atoms with Crippen LogP contribution in [0.15, 0.2) is 58.4 Å². The molecule has 0 fully saturated rings. The molecule has 162 valence electrons. The van der Waals surface area contributed by atoms with Crippen molar-refractivity contribution >= 4 is 21.9 Å². The van der Waals surface area contributed by atoms with Crippen LogP contribution in [0.5, 0.6) is 5.75 Å². The van der Waals surface area contributed by atoms with Crippen LogP contribution in [0.3, 0.4) is 0 Å².